The molecule has 0 atom stereocenters. The molecule has 0 spiro atoms. The summed E-state index contributed by atoms with van der Waals surface area (Å²) in [4.78, 5) is 4.32. The number of ether oxygens (including phenoxy) is 1. The summed E-state index contributed by atoms with van der Waals surface area (Å²) in [5.41, 5.74) is 1.41. The van der Waals surface area contributed by atoms with Crippen LogP contribution in [0.1, 0.15) is 5.69 Å². The molecule has 106 valence electrons. The molecule has 0 bridgehead atoms. The summed E-state index contributed by atoms with van der Waals surface area (Å²) < 4.78 is 24.9. The molecule has 1 heterocycles. The number of benzene rings is 2. The first kappa shape index (κ1) is 13.8. The van der Waals surface area contributed by atoms with Crippen LogP contribution >= 0.6 is 15.9 Å². The molecule has 0 unspecified atom stereocenters. The fourth-order valence-corrected chi connectivity index (χ4v) is 2.05. The lowest BCUT2D eigenvalue weighted by Crippen LogP contribution is -1.95. The Labute approximate surface area is 129 Å². The minimum absolute atomic E-state index is 0.288. The quantitative estimate of drug-likeness (QED) is 0.678. The van der Waals surface area contributed by atoms with Crippen LogP contribution < -0.4 is 4.74 Å². The van der Waals surface area contributed by atoms with E-state index in [1.54, 1.807) is 12.1 Å². The molecule has 5 heteroatoms. The second-order valence-corrected chi connectivity index (χ2v) is 5.31. The molecule has 21 heavy (non-hydrogen) atoms. The second kappa shape index (κ2) is 6.10. The largest absolute Gasteiger partial charge is 0.487 e. The van der Waals surface area contributed by atoms with Crippen molar-refractivity contribution in [1.82, 2.24) is 4.98 Å². The Bertz CT molecular complexity index is 723. The average Bonchev–Trinajstić information content (AvgIpc) is 2.96. The van der Waals surface area contributed by atoms with E-state index in [1.807, 2.05) is 24.3 Å². The van der Waals surface area contributed by atoms with Crippen LogP contribution in [-0.2, 0) is 6.61 Å². The predicted molar refractivity (Wildman–Crippen MR) is 80.4 cm³/mol. The van der Waals surface area contributed by atoms with Crippen LogP contribution in [0, 0.1) is 5.82 Å². The number of oxazole rings is 1. The third kappa shape index (κ3) is 3.49. The van der Waals surface area contributed by atoms with Gasteiger partial charge in [-0.05, 0) is 48.5 Å². The summed E-state index contributed by atoms with van der Waals surface area (Å²) in [6, 6.07) is 13.5. The molecular formula is C16H11BrFNO2. The molecule has 0 fully saturated rings. The van der Waals surface area contributed by atoms with E-state index in [0.717, 1.165) is 15.8 Å². The number of aromatic nitrogens is 1. The van der Waals surface area contributed by atoms with Crippen LogP contribution in [0.5, 0.6) is 5.75 Å². The smallest absolute Gasteiger partial charge is 0.226 e. The zero-order valence-corrected chi connectivity index (χ0v) is 12.5. The fraction of sp³-hybridized carbons (Fsp3) is 0.0625. The van der Waals surface area contributed by atoms with Gasteiger partial charge in [-0.15, -0.1) is 0 Å². The van der Waals surface area contributed by atoms with Gasteiger partial charge in [0, 0.05) is 10.0 Å². The molecule has 0 saturated carbocycles. The summed E-state index contributed by atoms with van der Waals surface area (Å²) in [5, 5.41) is 0. The third-order valence-electron chi connectivity index (χ3n) is 2.84. The second-order valence-electron chi connectivity index (χ2n) is 4.39. The van der Waals surface area contributed by atoms with E-state index < -0.39 is 0 Å². The van der Waals surface area contributed by atoms with E-state index in [1.165, 1.54) is 18.4 Å². The van der Waals surface area contributed by atoms with Gasteiger partial charge in [-0.2, -0.15) is 0 Å². The molecule has 0 aliphatic rings. The molecule has 1 aromatic heterocycles. The third-order valence-corrected chi connectivity index (χ3v) is 3.37. The highest BCUT2D eigenvalue weighted by Gasteiger charge is 2.07. The van der Waals surface area contributed by atoms with Gasteiger partial charge in [0.05, 0.1) is 0 Å². The van der Waals surface area contributed by atoms with Crippen LogP contribution in [0.3, 0.4) is 0 Å². The minimum atomic E-state index is -0.288. The molecule has 0 radical (unpaired) electrons. The molecule has 0 amide bonds. The Morgan fingerprint density at radius 3 is 2.48 bits per heavy atom. The van der Waals surface area contributed by atoms with Crippen LogP contribution in [0.25, 0.3) is 11.5 Å². The van der Waals surface area contributed by atoms with E-state index in [0.29, 0.717) is 18.2 Å². The lowest BCUT2D eigenvalue weighted by Gasteiger charge is -2.03. The first-order valence-electron chi connectivity index (χ1n) is 6.29. The van der Waals surface area contributed by atoms with Crippen LogP contribution in [0.15, 0.2) is 63.7 Å². The van der Waals surface area contributed by atoms with Crippen molar-refractivity contribution in [1.29, 1.82) is 0 Å². The first-order chi connectivity index (χ1) is 10.2. The number of rotatable bonds is 4. The highest BCUT2D eigenvalue weighted by molar-refractivity contribution is 9.10. The summed E-state index contributed by atoms with van der Waals surface area (Å²) in [6.07, 6.45) is 1.54. The lowest BCUT2D eigenvalue weighted by molar-refractivity contribution is 0.301. The van der Waals surface area contributed by atoms with Gasteiger partial charge in [-0.1, -0.05) is 15.9 Å². The monoisotopic (exact) mass is 347 g/mol. The fourth-order valence-electron chi connectivity index (χ4n) is 1.79. The molecule has 0 aliphatic carbocycles. The van der Waals surface area contributed by atoms with Crippen LogP contribution in [-0.4, -0.2) is 4.98 Å². The number of halogens is 2. The van der Waals surface area contributed by atoms with E-state index in [9.17, 15) is 4.39 Å². The van der Waals surface area contributed by atoms with Gasteiger partial charge in [0.15, 0.2) is 0 Å². The number of hydrogen-bond donors (Lipinski definition) is 0. The molecule has 0 saturated heterocycles. The van der Waals surface area contributed by atoms with Crippen molar-refractivity contribution in [3.63, 3.8) is 0 Å². The maximum absolute atomic E-state index is 12.9. The topological polar surface area (TPSA) is 35.3 Å². The van der Waals surface area contributed by atoms with Gasteiger partial charge in [-0.3, -0.25) is 0 Å². The first-order valence-corrected chi connectivity index (χ1v) is 7.09. The Balaban J connectivity index is 1.67. The van der Waals surface area contributed by atoms with Gasteiger partial charge in [-0.25, -0.2) is 9.37 Å². The van der Waals surface area contributed by atoms with Crippen molar-refractivity contribution in [3.8, 4) is 17.2 Å². The summed E-state index contributed by atoms with van der Waals surface area (Å²) in [6.45, 7) is 0.312. The van der Waals surface area contributed by atoms with Crippen molar-refractivity contribution in [2.24, 2.45) is 0 Å². The lowest BCUT2D eigenvalue weighted by atomic mass is 10.2. The normalized spacial score (nSPS) is 10.6. The van der Waals surface area contributed by atoms with Crippen molar-refractivity contribution in [2.75, 3.05) is 0 Å². The zero-order valence-electron chi connectivity index (χ0n) is 10.9. The van der Waals surface area contributed by atoms with E-state index >= 15 is 0 Å². The standard InChI is InChI=1S/C16H11BrFNO2/c17-12-3-7-15(8-4-12)20-9-14-10-21-16(19-14)11-1-5-13(18)6-2-11/h1-8,10H,9H2. The van der Waals surface area contributed by atoms with Gasteiger partial charge in [0.25, 0.3) is 0 Å². The highest BCUT2D eigenvalue weighted by Crippen LogP contribution is 2.21. The molecule has 3 rings (SSSR count). The number of hydrogen-bond acceptors (Lipinski definition) is 3. The Morgan fingerprint density at radius 1 is 1.05 bits per heavy atom. The van der Waals surface area contributed by atoms with E-state index in [-0.39, 0.29) is 5.82 Å². The van der Waals surface area contributed by atoms with E-state index in [2.05, 4.69) is 20.9 Å². The average molecular weight is 348 g/mol. The predicted octanol–water partition coefficient (Wildman–Crippen LogP) is 4.82. The molecule has 2 aromatic carbocycles. The van der Waals surface area contributed by atoms with E-state index in [4.69, 9.17) is 9.15 Å². The maximum atomic E-state index is 12.9. The van der Waals surface area contributed by atoms with Gasteiger partial charge in [0.1, 0.15) is 30.1 Å². The minimum Gasteiger partial charge on any atom is -0.487 e. The maximum Gasteiger partial charge on any atom is 0.226 e. The van der Waals surface area contributed by atoms with Gasteiger partial charge >= 0.3 is 0 Å². The van der Waals surface area contributed by atoms with Crippen LogP contribution in [0.4, 0.5) is 4.39 Å². The van der Waals surface area contributed by atoms with Crippen molar-refractivity contribution >= 4 is 15.9 Å². The molecule has 3 nitrogen and oxygen atoms in total. The van der Waals surface area contributed by atoms with Gasteiger partial charge in [0.2, 0.25) is 5.89 Å². The van der Waals surface area contributed by atoms with Crippen molar-refractivity contribution in [3.05, 3.63) is 70.8 Å². The zero-order chi connectivity index (χ0) is 14.7. The summed E-state index contributed by atoms with van der Waals surface area (Å²) in [5.74, 6) is 0.915. The molecular weight excluding hydrogens is 337 g/mol. The summed E-state index contributed by atoms with van der Waals surface area (Å²) >= 11 is 3.37. The van der Waals surface area contributed by atoms with Gasteiger partial charge < -0.3 is 9.15 Å². The number of nitrogens with zero attached hydrogens (tertiary/aromatic N) is 1. The SMILES string of the molecule is Fc1ccc(-c2nc(COc3ccc(Br)cc3)co2)cc1. The van der Waals surface area contributed by atoms with Crippen molar-refractivity contribution in [2.45, 2.75) is 6.61 Å². The molecule has 0 aliphatic heterocycles. The van der Waals surface area contributed by atoms with Crippen LogP contribution in [0.2, 0.25) is 0 Å². The molecule has 3 aromatic rings. The summed E-state index contributed by atoms with van der Waals surface area (Å²) in [7, 11) is 0. The van der Waals surface area contributed by atoms with Crippen molar-refractivity contribution < 1.29 is 13.5 Å². The Hall–Kier alpha value is -2.14. The molecule has 0 N–H and O–H groups in total. The Kier molecular flexibility index (Phi) is 4.01. The highest BCUT2D eigenvalue weighted by atomic mass is 79.9. The Morgan fingerprint density at radius 2 is 1.76 bits per heavy atom.